The van der Waals surface area contributed by atoms with Crippen LogP contribution in [0.5, 0.6) is 0 Å². The van der Waals surface area contributed by atoms with E-state index in [1.165, 1.54) is 23.1 Å². The number of hydrogen-bond donors (Lipinski definition) is 4. The van der Waals surface area contributed by atoms with Crippen molar-refractivity contribution in [2.45, 2.75) is 16.0 Å². The third-order valence-electron chi connectivity index (χ3n) is 2.48. The minimum Gasteiger partial charge on any atom is -0.294 e. The molecule has 6 N–H and O–H groups in total. The number of rotatable bonds is 5. The second kappa shape index (κ2) is 6.66. The molecular formula is C11H13N5O2S2. The molecule has 106 valence electrons. The summed E-state index contributed by atoms with van der Waals surface area (Å²) in [5, 5.41) is -0.677. The number of nitrogens with two attached hydrogens (primary N) is 2. The Morgan fingerprint density at radius 1 is 1.30 bits per heavy atom. The molecule has 20 heavy (non-hydrogen) atoms. The highest BCUT2D eigenvalue weighted by molar-refractivity contribution is 8.02. The van der Waals surface area contributed by atoms with Gasteiger partial charge < -0.3 is 0 Å². The Morgan fingerprint density at radius 3 is 2.70 bits per heavy atom. The van der Waals surface area contributed by atoms with Crippen LogP contribution in [0.1, 0.15) is 6.42 Å². The Morgan fingerprint density at radius 2 is 2.05 bits per heavy atom. The molecule has 2 aromatic rings. The Balaban J connectivity index is 2.17. The van der Waals surface area contributed by atoms with Gasteiger partial charge in [0, 0.05) is 6.42 Å². The van der Waals surface area contributed by atoms with Gasteiger partial charge in [-0.15, -0.1) is 11.3 Å². The Labute approximate surface area is 123 Å². The van der Waals surface area contributed by atoms with Crippen molar-refractivity contribution in [3.05, 3.63) is 24.3 Å². The number of carbonyl (C=O) groups is 2. The average Bonchev–Trinajstić information content (AvgIpc) is 2.87. The van der Waals surface area contributed by atoms with Gasteiger partial charge in [-0.1, -0.05) is 23.9 Å². The number of thioether (sulfide) groups is 1. The lowest BCUT2D eigenvalue weighted by Crippen LogP contribution is -2.41. The van der Waals surface area contributed by atoms with E-state index >= 15 is 0 Å². The van der Waals surface area contributed by atoms with Crippen molar-refractivity contribution in [2.75, 3.05) is 0 Å². The number of carbonyl (C=O) groups excluding carboxylic acids is 2. The van der Waals surface area contributed by atoms with E-state index in [1.54, 1.807) is 0 Å². The summed E-state index contributed by atoms with van der Waals surface area (Å²) in [6.07, 6.45) is -0.0693. The van der Waals surface area contributed by atoms with Crippen molar-refractivity contribution in [1.29, 1.82) is 0 Å². The molecule has 2 rings (SSSR count). The highest BCUT2D eigenvalue weighted by atomic mass is 32.2. The normalized spacial score (nSPS) is 12.1. The van der Waals surface area contributed by atoms with Crippen molar-refractivity contribution in [2.24, 2.45) is 11.7 Å². The van der Waals surface area contributed by atoms with Crippen molar-refractivity contribution < 1.29 is 9.59 Å². The fourth-order valence-electron chi connectivity index (χ4n) is 1.53. The topological polar surface area (TPSA) is 123 Å². The smallest absolute Gasteiger partial charge is 0.247 e. The number of fused-ring (bicyclic) bond motifs is 1. The molecule has 2 amide bonds. The van der Waals surface area contributed by atoms with Crippen LogP contribution in [0.4, 0.5) is 0 Å². The van der Waals surface area contributed by atoms with Gasteiger partial charge >= 0.3 is 0 Å². The molecule has 0 aliphatic heterocycles. The van der Waals surface area contributed by atoms with Crippen LogP contribution in [0.25, 0.3) is 10.2 Å². The van der Waals surface area contributed by atoms with Gasteiger partial charge in [0.05, 0.1) is 10.2 Å². The first-order valence-electron chi connectivity index (χ1n) is 5.66. The molecule has 0 saturated heterocycles. The molecule has 0 saturated carbocycles. The average molecular weight is 311 g/mol. The fraction of sp³-hybridized carbons (Fsp3) is 0.182. The molecule has 1 heterocycles. The number of benzene rings is 1. The highest BCUT2D eigenvalue weighted by Crippen LogP contribution is 2.33. The van der Waals surface area contributed by atoms with Crippen LogP contribution in [0.2, 0.25) is 0 Å². The molecule has 0 aliphatic carbocycles. The number of thiazole rings is 1. The van der Waals surface area contributed by atoms with Gasteiger partial charge in [0.15, 0.2) is 4.34 Å². The van der Waals surface area contributed by atoms with E-state index in [9.17, 15) is 9.59 Å². The zero-order valence-corrected chi connectivity index (χ0v) is 12.0. The van der Waals surface area contributed by atoms with E-state index in [4.69, 9.17) is 11.7 Å². The Kier molecular flexibility index (Phi) is 4.90. The van der Waals surface area contributed by atoms with Gasteiger partial charge in [-0.05, 0) is 12.1 Å². The minimum absolute atomic E-state index is 0.0693. The lowest BCUT2D eigenvalue weighted by atomic mass is 10.3. The molecule has 1 atom stereocenters. The summed E-state index contributed by atoms with van der Waals surface area (Å²) in [5.74, 6) is 9.27. The maximum atomic E-state index is 11.7. The Bertz CT molecular complexity index is 597. The summed E-state index contributed by atoms with van der Waals surface area (Å²) in [7, 11) is 0. The molecule has 7 nitrogen and oxygen atoms in total. The summed E-state index contributed by atoms with van der Waals surface area (Å²) >= 11 is 2.65. The van der Waals surface area contributed by atoms with Gasteiger partial charge in [0.2, 0.25) is 11.8 Å². The molecule has 0 fully saturated rings. The molecule has 9 heteroatoms. The number of aromatic nitrogens is 1. The van der Waals surface area contributed by atoms with Gasteiger partial charge in [-0.2, -0.15) is 0 Å². The Hall–Kier alpha value is -1.68. The van der Waals surface area contributed by atoms with Gasteiger partial charge in [0.25, 0.3) is 0 Å². The van der Waals surface area contributed by atoms with Crippen LogP contribution >= 0.6 is 23.1 Å². The monoisotopic (exact) mass is 311 g/mol. The summed E-state index contributed by atoms with van der Waals surface area (Å²) < 4.78 is 1.72. The summed E-state index contributed by atoms with van der Waals surface area (Å²) in [6.45, 7) is 0. The first-order chi connectivity index (χ1) is 9.63. The summed E-state index contributed by atoms with van der Waals surface area (Å²) in [6, 6.07) is 7.64. The van der Waals surface area contributed by atoms with E-state index in [0.717, 1.165) is 10.2 Å². The van der Waals surface area contributed by atoms with Gasteiger partial charge in [-0.3, -0.25) is 20.4 Å². The predicted octanol–water partition coefficient (Wildman–Crippen LogP) is 0.127. The third-order valence-corrected chi connectivity index (χ3v) is 4.81. The van der Waals surface area contributed by atoms with Crippen LogP contribution < -0.4 is 22.5 Å². The number of nitrogens with one attached hydrogen (secondary N) is 2. The van der Waals surface area contributed by atoms with Crippen molar-refractivity contribution in [3.63, 3.8) is 0 Å². The van der Waals surface area contributed by atoms with Crippen LogP contribution in [-0.2, 0) is 9.59 Å². The number of nitrogens with zero attached hydrogens (tertiary/aromatic N) is 1. The fourth-order valence-corrected chi connectivity index (χ4v) is 3.84. The molecular weight excluding hydrogens is 298 g/mol. The first kappa shape index (κ1) is 14.7. The van der Waals surface area contributed by atoms with E-state index in [-0.39, 0.29) is 6.42 Å². The zero-order chi connectivity index (χ0) is 14.5. The van der Waals surface area contributed by atoms with Crippen LogP contribution in [0, 0.1) is 0 Å². The first-order valence-corrected chi connectivity index (χ1v) is 7.35. The molecule has 1 aromatic heterocycles. The van der Waals surface area contributed by atoms with Crippen molar-refractivity contribution >= 4 is 45.1 Å². The second-order valence-electron chi connectivity index (χ2n) is 3.83. The molecule has 0 bridgehead atoms. The van der Waals surface area contributed by atoms with Crippen molar-refractivity contribution in [3.8, 4) is 0 Å². The number of hydrazine groups is 2. The number of hydrogen-bond acceptors (Lipinski definition) is 7. The predicted molar refractivity (Wildman–Crippen MR) is 78.5 cm³/mol. The zero-order valence-electron chi connectivity index (χ0n) is 10.3. The maximum absolute atomic E-state index is 11.7. The molecule has 0 spiro atoms. The number of para-hydroxylation sites is 1. The quantitative estimate of drug-likeness (QED) is 0.269. The third kappa shape index (κ3) is 3.45. The van der Waals surface area contributed by atoms with E-state index < -0.39 is 17.1 Å². The maximum Gasteiger partial charge on any atom is 0.247 e. The van der Waals surface area contributed by atoms with Gasteiger partial charge in [-0.25, -0.2) is 16.7 Å². The minimum atomic E-state index is -0.677. The van der Waals surface area contributed by atoms with Crippen LogP contribution in [0.3, 0.4) is 0 Å². The summed E-state index contributed by atoms with van der Waals surface area (Å²) in [4.78, 5) is 27.4. The van der Waals surface area contributed by atoms with Crippen LogP contribution in [-0.4, -0.2) is 22.0 Å². The molecule has 0 aliphatic rings. The van der Waals surface area contributed by atoms with E-state index in [1.807, 2.05) is 35.1 Å². The number of amides is 2. The molecule has 1 aromatic carbocycles. The van der Waals surface area contributed by atoms with Crippen LogP contribution in [0.15, 0.2) is 28.6 Å². The SMILES string of the molecule is NNC(=O)CC(Sc1nc2ccccc2s1)C(=O)NN. The lowest BCUT2D eigenvalue weighted by molar-refractivity contribution is -0.126. The lowest BCUT2D eigenvalue weighted by Gasteiger charge is -2.11. The largest absolute Gasteiger partial charge is 0.294 e. The standard InChI is InChI=1S/C11H13N5O2S2/c12-15-9(17)5-8(10(18)16-13)20-11-14-6-3-1-2-4-7(6)19-11/h1-4,8H,5,12-13H2,(H,15,17)(H,16,18). The summed E-state index contributed by atoms with van der Waals surface area (Å²) in [5.41, 5.74) is 4.90. The van der Waals surface area contributed by atoms with E-state index in [0.29, 0.717) is 4.34 Å². The second-order valence-corrected chi connectivity index (χ2v) is 6.31. The molecule has 0 radical (unpaired) electrons. The molecule has 1 unspecified atom stereocenters. The van der Waals surface area contributed by atoms with Gasteiger partial charge in [0.1, 0.15) is 5.25 Å². The highest BCUT2D eigenvalue weighted by Gasteiger charge is 2.23. The van der Waals surface area contributed by atoms with Crippen molar-refractivity contribution in [1.82, 2.24) is 15.8 Å². The van der Waals surface area contributed by atoms with E-state index in [2.05, 4.69) is 4.98 Å².